The minimum atomic E-state index is -4.36. The van der Waals surface area contributed by atoms with Crippen molar-refractivity contribution in [3.63, 3.8) is 0 Å². The van der Waals surface area contributed by atoms with Crippen LogP contribution in [-0.2, 0) is 19.6 Å². The van der Waals surface area contributed by atoms with E-state index in [-0.39, 0.29) is 32.7 Å². The smallest absolute Gasteiger partial charge is 0.322 e. The second kappa shape index (κ2) is 8.01. The quantitative estimate of drug-likeness (QED) is 0.636. The van der Waals surface area contributed by atoms with Crippen molar-refractivity contribution in [3.8, 4) is 0 Å². The van der Waals surface area contributed by atoms with Gasteiger partial charge in [0.15, 0.2) is 17.5 Å². The summed E-state index contributed by atoms with van der Waals surface area (Å²) in [7, 11) is -4.36. The number of carboxylic acids is 1. The standard InChI is InChI=1S/C14H16F3N3O5S/c15-9-1-2-10(14(17)13(9)16)26(24,25)20-5-3-19(4-6-20)8-11(21)18-7-12(22)23/h1-2H,3-8H2,(H,18,21)(H,22,23). The first-order chi connectivity index (χ1) is 12.1. The van der Waals surface area contributed by atoms with Gasteiger partial charge in [0.1, 0.15) is 11.4 Å². The topological polar surface area (TPSA) is 107 Å². The second-order valence-electron chi connectivity index (χ2n) is 5.52. The Morgan fingerprint density at radius 1 is 1.08 bits per heavy atom. The molecule has 1 fully saturated rings. The molecule has 8 nitrogen and oxygen atoms in total. The van der Waals surface area contributed by atoms with E-state index in [2.05, 4.69) is 5.32 Å². The summed E-state index contributed by atoms with van der Waals surface area (Å²) in [6.07, 6.45) is 0. The maximum Gasteiger partial charge on any atom is 0.322 e. The number of aliphatic carboxylic acids is 1. The third kappa shape index (κ3) is 4.51. The van der Waals surface area contributed by atoms with Crippen molar-refractivity contribution in [1.29, 1.82) is 0 Å². The number of halogens is 3. The normalized spacial score (nSPS) is 16.4. The van der Waals surface area contributed by atoms with E-state index in [1.54, 1.807) is 4.90 Å². The predicted octanol–water partition coefficient (Wildman–Crippen LogP) is -0.389. The van der Waals surface area contributed by atoms with Crippen molar-refractivity contribution in [1.82, 2.24) is 14.5 Å². The molecular formula is C14H16F3N3O5S. The molecular weight excluding hydrogens is 379 g/mol. The number of hydrogen-bond acceptors (Lipinski definition) is 5. The van der Waals surface area contributed by atoms with E-state index < -0.39 is 50.8 Å². The van der Waals surface area contributed by atoms with Crippen molar-refractivity contribution in [2.24, 2.45) is 0 Å². The lowest BCUT2D eigenvalue weighted by atomic mass is 10.3. The molecule has 1 heterocycles. The number of amides is 1. The highest BCUT2D eigenvalue weighted by Gasteiger charge is 2.32. The highest BCUT2D eigenvalue weighted by Crippen LogP contribution is 2.23. The van der Waals surface area contributed by atoms with Gasteiger partial charge in [-0.15, -0.1) is 0 Å². The summed E-state index contributed by atoms with van der Waals surface area (Å²) < 4.78 is 65.8. The molecule has 0 unspecified atom stereocenters. The molecule has 0 radical (unpaired) electrons. The van der Waals surface area contributed by atoms with Crippen LogP contribution in [0.5, 0.6) is 0 Å². The summed E-state index contributed by atoms with van der Waals surface area (Å²) >= 11 is 0. The molecule has 0 aliphatic carbocycles. The average Bonchev–Trinajstić information content (AvgIpc) is 2.58. The van der Waals surface area contributed by atoms with E-state index in [1.165, 1.54) is 0 Å². The van der Waals surface area contributed by atoms with Crippen LogP contribution in [0.1, 0.15) is 0 Å². The SMILES string of the molecule is O=C(O)CNC(=O)CN1CCN(S(=O)(=O)c2ccc(F)c(F)c2F)CC1. The zero-order valence-electron chi connectivity index (χ0n) is 13.4. The summed E-state index contributed by atoms with van der Waals surface area (Å²) in [4.78, 5) is 22.6. The zero-order valence-corrected chi connectivity index (χ0v) is 14.2. The van der Waals surface area contributed by atoms with E-state index in [0.717, 1.165) is 4.31 Å². The van der Waals surface area contributed by atoms with Crippen LogP contribution in [0.2, 0.25) is 0 Å². The van der Waals surface area contributed by atoms with Crippen LogP contribution >= 0.6 is 0 Å². The molecule has 1 saturated heterocycles. The van der Waals surface area contributed by atoms with Crippen LogP contribution in [-0.4, -0.2) is 73.9 Å². The molecule has 1 aromatic carbocycles. The fourth-order valence-electron chi connectivity index (χ4n) is 2.41. The molecule has 0 bridgehead atoms. The highest BCUT2D eigenvalue weighted by atomic mass is 32.2. The fraction of sp³-hybridized carbons (Fsp3) is 0.429. The summed E-state index contributed by atoms with van der Waals surface area (Å²) in [5.41, 5.74) is 0. The monoisotopic (exact) mass is 395 g/mol. The summed E-state index contributed by atoms with van der Waals surface area (Å²) in [5.74, 6) is -6.85. The Hall–Kier alpha value is -2.18. The number of rotatable bonds is 6. The Labute approximate surface area is 147 Å². The van der Waals surface area contributed by atoms with Gasteiger partial charge in [-0.05, 0) is 12.1 Å². The van der Waals surface area contributed by atoms with Crippen LogP contribution in [0.25, 0.3) is 0 Å². The van der Waals surface area contributed by atoms with Gasteiger partial charge in [-0.3, -0.25) is 14.5 Å². The lowest BCUT2D eigenvalue weighted by molar-refractivity contribution is -0.138. The molecule has 1 amide bonds. The molecule has 0 saturated carbocycles. The van der Waals surface area contributed by atoms with Crippen LogP contribution in [0.4, 0.5) is 13.2 Å². The van der Waals surface area contributed by atoms with Crippen LogP contribution in [0.3, 0.4) is 0 Å². The Kier molecular flexibility index (Phi) is 6.21. The van der Waals surface area contributed by atoms with E-state index in [0.29, 0.717) is 12.1 Å². The molecule has 2 rings (SSSR count). The average molecular weight is 395 g/mol. The number of sulfonamides is 1. The molecule has 1 aromatic rings. The van der Waals surface area contributed by atoms with Gasteiger partial charge in [0.05, 0.1) is 6.54 Å². The Morgan fingerprint density at radius 3 is 2.27 bits per heavy atom. The van der Waals surface area contributed by atoms with E-state index in [1.807, 2.05) is 0 Å². The van der Waals surface area contributed by atoms with Gasteiger partial charge in [0.25, 0.3) is 0 Å². The molecule has 0 spiro atoms. The highest BCUT2D eigenvalue weighted by molar-refractivity contribution is 7.89. The minimum Gasteiger partial charge on any atom is -0.480 e. The Balaban J connectivity index is 2.00. The maximum absolute atomic E-state index is 13.8. The van der Waals surface area contributed by atoms with Crippen LogP contribution in [0, 0.1) is 17.5 Å². The molecule has 0 atom stereocenters. The Bertz CT molecular complexity index is 810. The first-order valence-electron chi connectivity index (χ1n) is 7.47. The van der Waals surface area contributed by atoms with Gasteiger partial charge in [-0.2, -0.15) is 4.31 Å². The largest absolute Gasteiger partial charge is 0.480 e. The Morgan fingerprint density at radius 2 is 1.69 bits per heavy atom. The summed E-state index contributed by atoms with van der Waals surface area (Å²) in [5, 5.41) is 10.7. The molecule has 26 heavy (non-hydrogen) atoms. The molecule has 12 heteroatoms. The number of hydrogen-bond donors (Lipinski definition) is 2. The van der Waals surface area contributed by atoms with E-state index in [4.69, 9.17) is 5.11 Å². The number of nitrogens with one attached hydrogen (secondary N) is 1. The predicted molar refractivity (Wildman–Crippen MR) is 82.2 cm³/mol. The summed E-state index contributed by atoms with van der Waals surface area (Å²) in [6.45, 7) is -0.570. The number of nitrogens with zero attached hydrogens (tertiary/aromatic N) is 2. The second-order valence-corrected chi connectivity index (χ2v) is 7.43. The molecule has 0 aromatic heterocycles. The minimum absolute atomic E-state index is 0.0903. The number of carbonyl (C=O) groups is 2. The van der Waals surface area contributed by atoms with Gasteiger partial charge in [-0.1, -0.05) is 0 Å². The van der Waals surface area contributed by atoms with Crippen molar-refractivity contribution in [3.05, 3.63) is 29.6 Å². The van der Waals surface area contributed by atoms with Crippen molar-refractivity contribution in [2.75, 3.05) is 39.3 Å². The number of carboxylic acid groups (broad SMARTS) is 1. The number of carbonyl (C=O) groups excluding carboxylic acids is 1. The number of benzene rings is 1. The van der Waals surface area contributed by atoms with Gasteiger partial charge < -0.3 is 10.4 Å². The molecule has 1 aliphatic heterocycles. The first kappa shape index (κ1) is 20.1. The fourth-order valence-corrected chi connectivity index (χ4v) is 3.89. The number of piperazine rings is 1. The van der Waals surface area contributed by atoms with Crippen molar-refractivity contribution in [2.45, 2.75) is 4.90 Å². The van der Waals surface area contributed by atoms with Crippen molar-refractivity contribution < 1.29 is 36.3 Å². The maximum atomic E-state index is 13.8. The third-order valence-electron chi connectivity index (χ3n) is 3.75. The van der Waals surface area contributed by atoms with Crippen LogP contribution in [0.15, 0.2) is 17.0 Å². The molecule has 144 valence electrons. The zero-order chi connectivity index (χ0) is 19.5. The van der Waals surface area contributed by atoms with E-state index in [9.17, 15) is 31.2 Å². The summed E-state index contributed by atoms with van der Waals surface area (Å²) in [6, 6.07) is 1.20. The first-order valence-corrected chi connectivity index (χ1v) is 8.91. The van der Waals surface area contributed by atoms with Crippen LogP contribution < -0.4 is 5.32 Å². The lowest BCUT2D eigenvalue weighted by Gasteiger charge is -2.33. The molecule has 1 aliphatic rings. The van der Waals surface area contributed by atoms with Gasteiger partial charge in [0, 0.05) is 26.2 Å². The van der Waals surface area contributed by atoms with E-state index >= 15 is 0 Å². The van der Waals surface area contributed by atoms with Gasteiger partial charge in [-0.25, -0.2) is 21.6 Å². The molecule has 2 N–H and O–H groups in total. The van der Waals surface area contributed by atoms with Gasteiger partial charge >= 0.3 is 5.97 Å². The lowest BCUT2D eigenvalue weighted by Crippen LogP contribution is -2.51. The third-order valence-corrected chi connectivity index (χ3v) is 5.67. The van der Waals surface area contributed by atoms with Crippen molar-refractivity contribution >= 4 is 21.9 Å². The van der Waals surface area contributed by atoms with Gasteiger partial charge in [0.2, 0.25) is 15.9 Å².